The number of methoxy groups -OCH3 is 1. The number of benzene rings is 1. The normalized spacial score (nSPS) is 11.3. The molecule has 0 amide bonds. The highest BCUT2D eigenvalue weighted by molar-refractivity contribution is 7.92. The van der Waals surface area contributed by atoms with Crippen molar-refractivity contribution in [2.75, 3.05) is 11.8 Å². The number of halogens is 1. The number of H-pyrrole nitrogens is 1. The van der Waals surface area contributed by atoms with Crippen LogP contribution in [0.4, 0.5) is 5.82 Å². The minimum atomic E-state index is -3.71. The van der Waals surface area contributed by atoms with Crippen molar-refractivity contribution in [3.63, 3.8) is 0 Å². The zero-order valence-corrected chi connectivity index (χ0v) is 11.8. The number of rotatable bonds is 4. The van der Waals surface area contributed by atoms with Crippen LogP contribution in [0.15, 0.2) is 29.3 Å². The van der Waals surface area contributed by atoms with Crippen LogP contribution >= 0.6 is 11.6 Å². The molecule has 8 heteroatoms. The molecule has 0 spiro atoms. The van der Waals surface area contributed by atoms with Crippen molar-refractivity contribution in [2.45, 2.75) is 11.8 Å². The third kappa shape index (κ3) is 2.82. The highest BCUT2D eigenvalue weighted by Crippen LogP contribution is 2.27. The van der Waals surface area contributed by atoms with Crippen LogP contribution in [0.5, 0.6) is 5.75 Å². The zero-order valence-electron chi connectivity index (χ0n) is 10.3. The van der Waals surface area contributed by atoms with Gasteiger partial charge in [0.2, 0.25) is 0 Å². The number of hydrogen-bond donors (Lipinski definition) is 2. The van der Waals surface area contributed by atoms with Gasteiger partial charge in [0.1, 0.15) is 11.6 Å². The monoisotopic (exact) mass is 301 g/mol. The molecule has 0 bridgehead atoms. The van der Waals surface area contributed by atoms with Crippen molar-refractivity contribution in [3.05, 3.63) is 35.0 Å². The van der Waals surface area contributed by atoms with Gasteiger partial charge in [0.05, 0.1) is 23.2 Å². The van der Waals surface area contributed by atoms with Gasteiger partial charge in [-0.2, -0.15) is 5.10 Å². The second-order valence-corrected chi connectivity index (χ2v) is 5.92. The van der Waals surface area contributed by atoms with E-state index < -0.39 is 10.0 Å². The first-order valence-corrected chi connectivity index (χ1v) is 7.16. The lowest BCUT2D eigenvalue weighted by atomic mass is 10.3. The highest BCUT2D eigenvalue weighted by atomic mass is 35.5. The van der Waals surface area contributed by atoms with Gasteiger partial charge in [0.25, 0.3) is 10.0 Å². The Balaban J connectivity index is 2.35. The molecule has 0 saturated carbocycles. The van der Waals surface area contributed by atoms with E-state index >= 15 is 0 Å². The van der Waals surface area contributed by atoms with Gasteiger partial charge >= 0.3 is 0 Å². The molecule has 0 aliphatic heterocycles. The second-order valence-electron chi connectivity index (χ2n) is 3.83. The maximum atomic E-state index is 12.1. The number of nitrogens with one attached hydrogen (secondary N) is 2. The first-order valence-electron chi connectivity index (χ1n) is 5.30. The summed E-state index contributed by atoms with van der Waals surface area (Å²) in [5.41, 5.74) is 0.697. The van der Waals surface area contributed by atoms with E-state index in [9.17, 15) is 8.42 Å². The minimum Gasteiger partial charge on any atom is -0.495 e. The number of aryl methyl sites for hydroxylation is 1. The summed E-state index contributed by atoms with van der Waals surface area (Å²) in [7, 11) is -2.25. The van der Waals surface area contributed by atoms with E-state index in [1.54, 1.807) is 6.92 Å². The number of sulfonamides is 1. The van der Waals surface area contributed by atoms with Crippen molar-refractivity contribution < 1.29 is 13.2 Å². The Morgan fingerprint density at radius 1 is 1.42 bits per heavy atom. The van der Waals surface area contributed by atoms with E-state index in [4.69, 9.17) is 16.3 Å². The van der Waals surface area contributed by atoms with Gasteiger partial charge in [-0.05, 0) is 25.1 Å². The number of hydrogen-bond acceptors (Lipinski definition) is 4. The molecule has 2 rings (SSSR count). The van der Waals surface area contributed by atoms with Gasteiger partial charge < -0.3 is 4.74 Å². The van der Waals surface area contributed by atoms with Crippen LogP contribution in [-0.4, -0.2) is 25.7 Å². The van der Waals surface area contributed by atoms with Crippen LogP contribution < -0.4 is 9.46 Å². The summed E-state index contributed by atoms with van der Waals surface area (Å²) < 4.78 is 31.7. The number of ether oxygens (including phenoxy) is 1. The molecule has 6 nitrogen and oxygen atoms in total. The number of nitrogens with zero attached hydrogens (tertiary/aromatic N) is 1. The van der Waals surface area contributed by atoms with Gasteiger partial charge in [-0.1, -0.05) is 11.6 Å². The fourth-order valence-corrected chi connectivity index (χ4v) is 2.89. The van der Waals surface area contributed by atoms with Gasteiger partial charge in [-0.3, -0.25) is 9.82 Å². The van der Waals surface area contributed by atoms with Crippen molar-refractivity contribution in [1.82, 2.24) is 10.2 Å². The molecule has 1 aromatic carbocycles. The molecule has 1 aromatic heterocycles. The lowest BCUT2D eigenvalue weighted by Gasteiger charge is -2.09. The molecule has 2 N–H and O–H groups in total. The summed E-state index contributed by atoms with van der Waals surface area (Å²) in [5.74, 6) is 0.741. The van der Waals surface area contributed by atoms with Gasteiger partial charge in [0.15, 0.2) is 0 Å². The average molecular weight is 302 g/mol. The lowest BCUT2D eigenvalue weighted by Crippen LogP contribution is -2.14. The molecule has 19 heavy (non-hydrogen) atoms. The third-order valence-electron chi connectivity index (χ3n) is 2.50. The Morgan fingerprint density at radius 3 is 2.68 bits per heavy atom. The SMILES string of the molecule is COc1ccc(S(=O)(=O)Nc2[nH]ncc2C)cc1Cl. The first-order chi connectivity index (χ1) is 8.94. The molecule has 0 aliphatic carbocycles. The van der Waals surface area contributed by atoms with Crippen LogP contribution in [-0.2, 0) is 10.0 Å². The summed E-state index contributed by atoms with van der Waals surface area (Å²) in [6, 6.07) is 4.24. The minimum absolute atomic E-state index is 0.0484. The van der Waals surface area contributed by atoms with E-state index in [1.165, 1.54) is 31.5 Å². The van der Waals surface area contributed by atoms with Crippen molar-refractivity contribution >= 4 is 27.4 Å². The van der Waals surface area contributed by atoms with Gasteiger partial charge in [-0.15, -0.1) is 0 Å². The number of aromatic nitrogens is 2. The predicted octanol–water partition coefficient (Wildman–Crippen LogP) is 2.18. The molecular weight excluding hydrogens is 290 g/mol. The molecule has 0 unspecified atom stereocenters. The maximum absolute atomic E-state index is 12.1. The lowest BCUT2D eigenvalue weighted by molar-refractivity contribution is 0.414. The second kappa shape index (κ2) is 5.10. The Morgan fingerprint density at radius 2 is 2.16 bits per heavy atom. The summed E-state index contributed by atoms with van der Waals surface area (Å²) >= 11 is 5.91. The van der Waals surface area contributed by atoms with Crippen LogP contribution in [0.1, 0.15) is 5.56 Å². The van der Waals surface area contributed by atoms with E-state index in [1.807, 2.05) is 0 Å². The molecule has 2 aromatic rings. The fraction of sp³-hybridized carbons (Fsp3) is 0.182. The molecular formula is C11H12ClN3O3S. The number of anilines is 1. The maximum Gasteiger partial charge on any atom is 0.263 e. The average Bonchev–Trinajstić information content (AvgIpc) is 2.74. The van der Waals surface area contributed by atoms with Crippen molar-refractivity contribution in [2.24, 2.45) is 0 Å². The van der Waals surface area contributed by atoms with E-state index in [2.05, 4.69) is 14.9 Å². The van der Waals surface area contributed by atoms with E-state index in [0.717, 1.165) is 0 Å². The predicted molar refractivity (Wildman–Crippen MR) is 72.1 cm³/mol. The Labute approximate surface area is 115 Å². The Bertz CT molecular complexity index is 697. The summed E-state index contributed by atoms with van der Waals surface area (Å²) in [5, 5.41) is 6.55. The van der Waals surface area contributed by atoms with Gasteiger partial charge in [0, 0.05) is 5.56 Å². The van der Waals surface area contributed by atoms with E-state index in [0.29, 0.717) is 17.1 Å². The Kier molecular flexibility index (Phi) is 3.68. The van der Waals surface area contributed by atoms with Gasteiger partial charge in [-0.25, -0.2) is 8.42 Å². The molecule has 0 fully saturated rings. The summed E-state index contributed by atoms with van der Waals surface area (Å²) in [4.78, 5) is 0.0484. The van der Waals surface area contributed by atoms with Crippen molar-refractivity contribution in [3.8, 4) is 5.75 Å². The van der Waals surface area contributed by atoms with Crippen LogP contribution in [0.3, 0.4) is 0 Å². The smallest absolute Gasteiger partial charge is 0.263 e. The quantitative estimate of drug-likeness (QED) is 0.906. The molecule has 0 radical (unpaired) electrons. The molecule has 102 valence electrons. The first kappa shape index (κ1) is 13.7. The van der Waals surface area contributed by atoms with Crippen molar-refractivity contribution in [1.29, 1.82) is 0 Å². The van der Waals surface area contributed by atoms with E-state index in [-0.39, 0.29) is 9.92 Å². The highest BCUT2D eigenvalue weighted by Gasteiger charge is 2.17. The molecule has 0 saturated heterocycles. The van der Waals surface area contributed by atoms with Crippen LogP contribution in [0, 0.1) is 6.92 Å². The molecule has 0 atom stereocenters. The fourth-order valence-electron chi connectivity index (χ4n) is 1.46. The number of aromatic amines is 1. The topological polar surface area (TPSA) is 84.1 Å². The summed E-state index contributed by atoms with van der Waals surface area (Å²) in [6.07, 6.45) is 1.53. The molecule has 1 heterocycles. The summed E-state index contributed by atoms with van der Waals surface area (Å²) in [6.45, 7) is 1.74. The standard InChI is InChI=1S/C11H12ClN3O3S/c1-7-6-13-14-11(7)15-19(16,17)8-3-4-10(18-2)9(12)5-8/h3-6H,1-2H3,(H2,13,14,15). The zero-order chi connectivity index (χ0) is 14.0. The largest absolute Gasteiger partial charge is 0.495 e. The van der Waals surface area contributed by atoms with Crippen LogP contribution in [0.25, 0.3) is 0 Å². The molecule has 0 aliphatic rings. The Hall–Kier alpha value is -1.73. The third-order valence-corrected chi connectivity index (χ3v) is 4.14. The van der Waals surface area contributed by atoms with Crippen LogP contribution in [0.2, 0.25) is 5.02 Å².